The Labute approximate surface area is 92.9 Å². The van der Waals surface area contributed by atoms with E-state index in [2.05, 4.69) is 20.9 Å². The van der Waals surface area contributed by atoms with Gasteiger partial charge in [-0.3, -0.25) is 4.79 Å². The van der Waals surface area contributed by atoms with Crippen molar-refractivity contribution in [3.63, 3.8) is 0 Å². The highest BCUT2D eigenvalue weighted by Crippen LogP contribution is 2.36. The summed E-state index contributed by atoms with van der Waals surface area (Å²) < 4.78 is 11.3. The molecule has 76 valence electrons. The number of aromatic amines is 1. The van der Waals surface area contributed by atoms with Gasteiger partial charge in [0.05, 0.1) is 5.39 Å². The van der Waals surface area contributed by atoms with Crippen LogP contribution in [-0.4, -0.2) is 11.8 Å². The highest BCUT2D eigenvalue weighted by molar-refractivity contribution is 9.10. The first-order valence-electron chi connectivity index (χ1n) is 4.36. The van der Waals surface area contributed by atoms with E-state index in [4.69, 9.17) is 9.47 Å². The first-order valence-corrected chi connectivity index (χ1v) is 5.15. The van der Waals surface area contributed by atoms with Crippen molar-refractivity contribution in [2.45, 2.75) is 0 Å². The largest absolute Gasteiger partial charge is 0.454 e. The number of fused-ring (bicyclic) bond motifs is 2. The molecule has 0 saturated heterocycles. The number of nitrogens with one attached hydrogen (secondary N) is 1. The maximum Gasteiger partial charge on any atom is 0.256 e. The van der Waals surface area contributed by atoms with Gasteiger partial charge < -0.3 is 14.5 Å². The Morgan fingerprint density at radius 3 is 2.60 bits per heavy atom. The number of benzene rings is 1. The van der Waals surface area contributed by atoms with Crippen molar-refractivity contribution >= 4 is 26.7 Å². The van der Waals surface area contributed by atoms with Crippen LogP contribution in [0.5, 0.6) is 11.5 Å². The fraction of sp³-hybridized carbons (Fsp3) is 0.100. The molecule has 4 nitrogen and oxygen atoms in total. The van der Waals surface area contributed by atoms with Gasteiger partial charge in [-0.1, -0.05) is 0 Å². The second kappa shape index (κ2) is 3.00. The molecule has 0 aliphatic carbocycles. The summed E-state index contributed by atoms with van der Waals surface area (Å²) in [6, 6.07) is 3.50. The predicted octanol–water partition coefficient (Wildman–Crippen LogP) is 2.02. The minimum Gasteiger partial charge on any atom is -0.454 e. The number of rotatable bonds is 0. The lowest BCUT2D eigenvalue weighted by Crippen LogP contribution is -2.04. The van der Waals surface area contributed by atoms with Gasteiger partial charge in [0, 0.05) is 16.1 Å². The molecule has 1 aliphatic heterocycles. The van der Waals surface area contributed by atoms with Crippen LogP contribution >= 0.6 is 15.9 Å². The average Bonchev–Trinajstić information content (AvgIpc) is 2.69. The van der Waals surface area contributed by atoms with E-state index < -0.39 is 0 Å². The van der Waals surface area contributed by atoms with E-state index in [1.54, 1.807) is 18.3 Å². The van der Waals surface area contributed by atoms with E-state index in [1.807, 2.05) is 0 Å². The van der Waals surface area contributed by atoms with E-state index in [0.29, 0.717) is 16.9 Å². The highest BCUT2D eigenvalue weighted by Gasteiger charge is 2.16. The number of halogens is 1. The van der Waals surface area contributed by atoms with Crippen molar-refractivity contribution in [2.75, 3.05) is 6.79 Å². The van der Waals surface area contributed by atoms with Gasteiger partial charge >= 0.3 is 0 Å². The van der Waals surface area contributed by atoms with Gasteiger partial charge in [-0.2, -0.15) is 0 Å². The molecule has 2 aromatic rings. The summed E-state index contributed by atoms with van der Waals surface area (Å²) in [5.41, 5.74) is -0.133. The van der Waals surface area contributed by atoms with Gasteiger partial charge in [0.15, 0.2) is 11.5 Å². The van der Waals surface area contributed by atoms with Crippen LogP contribution < -0.4 is 15.0 Å². The fourth-order valence-electron chi connectivity index (χ4n) is 1.61. The van der Waals surface area contributed by atoms with E-state index in [-0.39, 0.29) is 12.4 Å². The predicted molar refractivity (Wildman–Crippen MR) is 58.4 cm³/mol. The molecular formula is C10H6BrNO3. The number of hydrogen-bond donors (Lipinski definition) is 1. The Kier molecular flexibility index (Phi) is 1.76. The average molecular weight is 268 g/mol. The van der Waals surface area contributed by atoms with Crippen LogP contribution in [0.15, 0.2) is 27.6 Å². The third kappa shape index (κ3) is 1.23. The minimum absolute atomic E-state index is 0.133. The zero-order valence-electron chi connectivity index (χ0n) is 7.54. The Hall–Kier alpha value is -1.49. The molecule has 0 saturated carbocycles. The normalized spacial score (nSPS) is 13.4. The van der Waals surface area contributed by atoms with Crippen LogP contribution in [0.3, 0.4) is 0 Å². The van der Waals surface area contributed by atoms with E-state index in [1.165, 1.54) is 0 Å². The molecule has 1 aromatic heterocycles. The fourth-order valence-corrected chi connectivity index (χ4v) is 2.05. The van der Waals surface area contributed by atoms with Gasteiger partial charge in [-0.05, 0) is 28.1 Å². The SMILES string of the molecule is O=c1[nH]cc(Br)c2cc3c(cc12)OCO3. The van der Waals surface area contributed by atoms with Crippen molar-refractivity contribution in [1.82, 2.24) is 4.98 Å². The molecule has 0 amide bonds. The Bertz CT molecular complexity index is 605. The summed E-state index contributed by atoms with van der Waals surface area (Å²) in [6.07, 6.45) is 1.62. The molecule has 1 aliphatic rings. The zero-order valence-corrected chi connectivity index (χ0v) is 9.13. The monoisotopic (exact) mass is 267 g/mol. The molecule has 0 bridgehead atoms. The van der Waals surface area contributed by atoms with Gasteiger partial charge in [-0.15, -0.1) is 0 Å². The van der Waals surface area contributed by atoms with Crippen molar-refractivity contribution < 1.29 is 9.47 Å². The summed E-state index contributed by atoms with van der Waals surface area (Å²) in [7, 11) is 0. The number of hydrogen-bond acceptors (Lipinski definition) is 3. The number of ether oxygens (including phenoxy) is 2. The Morgan fingerprint density at radius 1 is 1.20 bits per heavy atom. The molecule has 0 radical (unpaired) electrons. The summed E-state index contributed by atoms with van der Waals surface area (Å²) in [5.74, 6) is 1.29. The summed E-state index contributed by atoms with van der Waals surface area (Å²) in [6.45, 7) is 0.210. The van der Waals surface area contributed by atoms with Crippen LogP contribution in [0, 0.1) is 0 Å². The van der Waals surface area contributed by atoms with Gasteiger partial charge in [0.2, 0.25) is 6.79 Å². The maximum atomic E-state index is 11.6. The van der Waals surface area contributed by atoms with Crippen molar-refractivity contribution in [3.8, 4) is 11.5 Å². The summed E-state index contributed by atoms with van der Waals surface area (Å²) in [5, 5.41) is 1.41. The lowest BCUT2D eigenvalue weighted by molar-refractivity contribution is 0.174. The summed E-state index contributed by atoms with van der Waals surface area (Å²) in [4.78, 5) is 14.2. The third-order valence-electron chi connectivity index (χ3n) is 2.34. The molecule has 0 atom stereocenters. The van der Waals surface area contributed by atoms with Gasteiger partial charge in [0.25, 0.3) is 5.56 Å². The number of H-pyrrole nitrogens is 1. The number of aromatic nitrogens is 1. The van der Waals surface area contributed by atoms with Crippen LogP contribution in [-0.2, 0) is 0 Å². The second-order valence-corrected chi connectivity index (χ2v) is 4.07. The molecule has 0 unspecified atom stereocenters. The van der Waals surface area contributed by atoms with E-state index >= 15 is 0 Å². The zero-order chi connectivity index (χ0) is 10.4. The van der Waals surface area contributed by atoms with Crippen LogP contribution in [0.25, 0.3) is 10.8 Å². The molecule has 1 aromatic carbocycles. The third-order valence-corrected chi connectivity index (χ3v) is 3.00. The minimum atomic E-state index is -0.133. The molecule has 1 N–H and O–H groups in total. The lowest BCUT2D eigenvalue weighted by atomic mass is 10.1. The first kappa shape index (κ1) is 8.79. The van der Waals surface area contributed by atoms with E-state index in [9.17, 15) is 4.79 Å². The molecule has 0 fully saturated rings. The molecule has 2 heterocycles. The number of pyridine rings is 1. The van der Waals surface area contributed by atoms with Gasteiger partial charge in [0.1, 0.15) is 0 Å². The smallest absolute Gasteiger partial charge is 0.256 e. The van der Waals surface area contributed by atoms with Crippen molar-refractivity contribution in [3.05, 3.63) is 33.2 Å². The molecule has 0 spiro atoms. The van der Waals surface area contributed by atoms with Crippen LogP contribution in [0.2, 0.25) is 0 Å². The topological polar surface area (TPSA) is 51.3 Å². The molecule has 3 rings (SSSR count). The Morgan fingerprint density at radius 2 is 1.87 bits per heavy atom. The Balaban J connectivity index is 2.47. The quantitative estimate of drug-likeness (QED) is 0.795. The molecular weight excluding hydrogens is 262 g/mol. The molecule has 15 heavy (non-hydrogen) atoms. The summed E-state index contributed by atoms with van der Waals surface area (Å²) >= 11 is 3.37. The van der Waals surface area contributed by atoms with Crippen molar-refractivity contribution in [2.24, 2.45) is 0 Å². The van der Waals surface area contributed by atoms with Crippen molar-refractivity contribution in [1.29, 1.82) is 0 Å². The standard InChI is InChI=1S/C10H6BrNO3/c11-7-3-12-10(13)6-2-9-8(1-5(6)7)14-4-15-9/h1-3H,4H2,(H,12,13). The molecule has 5 heteroatoms. The van der Waals surface area contributed by atoms with Crippen LogP contribution in [0.1, 0.15) is 0 Å². The van der Waals surface area contributed by atoms with Gasteiger partial charge in [-0.25, -0.2) is 0 Å². The second-order valence-electron chi connectivity index (χ2n) is 3.22. The maximum absolute atomic E-state index is 11.6. The highest BCUT2D eigenvalue weighted by atomic mass is 79.9. The first-order chi connectivity index (χ1) is 7.25. The van der Waals surface area contributed by atoms with Crippen LogP contribution in [0.4, 0.5) is 0 Å². The van der Waals surface area contributed by atoms with E-state index in [0.717, 1.165) is 9.86 Å². The lowest BCUT2D eigenvalue weighted by Gasteiger charge is -2.01.